The molecule has 2 N–H and O–H groups in total. The van der Waals surface area contributed by atoms with Crippen LogP contribution in [0.1, 0.15) is 47.2 Å². The van der Waals surface area contributed by atoms with Crippen molar-refractivity contribution in [1.82, 2.24) is 10.9 Å². The topological polar surface area (TPSA) is 71.3 Å². The zero-order valence-electron chi connectivity index (χ0n) is 12.3. The van der Waals surface area contributed by atoms with Crippen LogP contribution in [0.15, 0.2) is 47.1 Å². The Kier molecular flexibility index (Phi) is 4.12. The Morgan fingerprint density at radius 3 is 2.10 bits per heavy atom. The lowest BCUT2D eigenvalue weighted by Gasteiger charge is -2.19. The first-order valence-corrected chi connectivity index (χ1v) is 6.62. The van der Waals surface area contributed by atoms with E-state index >= 15 is 0 Å². The van der Waals surface area contributed by atoms with E-state index in [1.165, 1.54) is 12.3 Å². The molecule has 0 aliphatic heterocycles. The molecule has 2 aromatic rings. The molecule has 1 aromatic carbocycles. The van der Waals surface area contributed by atoms with E-state index in [2.05, 4.69) is 31.6 Å². The van der Waals surface area contributed by atoms with Crippen molar-refractivity contribution in [2.24, 2.45) is 0 Å². The molecule has 0 radical (unpaired) electrons. The van der Waals surface area contributed by atoms with E-state index < -0.39 is 5.91 Å². The second-order valence-corrected chi connectivity index (χ2v) is 5.71. The number of carbonyl (C=O) groups excluding carboxylic acids is 2. The van der Waals surface area contributed by atoms with Crippen LogP contribution in [0, 0.1) is 0 Å². The van der Waals surface area contributed by atoms with E-state index in [9.17, 15) is 9.59 Å². The summed E-state index contributed by atoms with van der Waals surface area (Å²) in [5.74, 6) is -0.742. The first kappa shape index (κ1) is 14.8. The van der Waals surface area contributed by atoms with Gasteiger partial charge in [0.25, 0.3) is 5.91 Å². The summed E-state index contributed by atoms with van der Waals surface area (Å²) in [5.41, 5.74) is 6.29. The summed E-state index contributed by atoms with van der Waals surface area (Å²) in [4.78, 5) is 23.5. The predicted octanol–water partition coefficient (Wildman–Crippen LogP) is 2.65. The van der Waals surface area contributed by atoms with Gasteiger partial charge in [-0.25, -0.2) is 0 Å². The van der Waals surface area contributed by atoms with Gasteiger partial charge < -0.3 is 4.42 Å². The zero-order chi connectivity index (χ0) is 15.5. The highest BCUT2D eigenvalue weighted by Crippen LogP contribution is 2.22. The zero-order valence-corrected chi connectivity index (χ0v) is 12.3. The van der Waals surface area contributed by atoms with Crippen LogP contribution in [0.3, 0.4) is 0 Å². The Morgan fingerprint density at radius 1 is 0.952 bits per heavy atom. The van der Waals surface area contributed by atoms with Crippen LogP contribution in [0.4, 0.5) is 0 Å². The van der Waals surface area contributed by atoms with Gasteiger partial charge in [0, 0.05) is 5.56 Å². The molecule has 2 rings (SSSR count). The number of hydrogen-bond acceptors (Lipinski definition) is 3. The van der Waals surface area contributed by atoms with Gasteiger partial charge in [-0.3, -0.25) is 20.4 Å². The third-order valence-electron chi connectivity index (χ3n) is 3.05. The molecule has 110 valence electrons. The highest BCUT2D eigenvalue weighted by Gasteiger charge is 2.15. The molecular formula is C16H18N2O3. The van der Waals surface area contributed by atoms with Crippen molar-refractivity contribution in [3.8, 4) is 0 Å². The molecule has 21 heavy (non-hydrogen) atoms. The van der Waals surface area contributed by atoms with Gasteiger partial charge in [-0.1, -0.05) is 32.9 Å². The summed E-state index contributed by atoms with van der Waals surface area (Å²) in [5, 5.41) is 0. The number of hydrogen-bond donors (Lipinski definition) is 2. The Balaban J connectivity index is 1.96. The summed E-state index contributed by atoms with van der Waals surface area (Å²) >= 11 is 0. The molecule has 0 saturated carbocycles. The van der Waals surface area contributed by atoms with Gasteiger partial charge in [-0.05, 0) is 35.2 Å². The molecular weight excluding hydrogens is 268 g/mol. The maximum atomic E-state index is 11.9. The predicted molar refractivity (Wildman–Crippen MR) is 78.8 cm³/mol. The van der Waals surface area contributed by atoms with Crippen LogP contribution < -0.4 is 10.9 Å². The van der Waals surface area contributed by atoms with E-state index in [4.69, 9.17) is 4.42 Å². The molecule has 1 aromatic heterocycles. The number of amides is 2. The van der Waals surface area contributed by atoms with E-state index in [0.29, 0.717) is 5.56 Å². The van der Waals surface area contributed by atoms with Gasteiger partial charge in [0.15, 0.2) is 5.76 Å². The minimum atomic E-state index is -0.500. The van der Waals surface area contributed by atoms with Gasteiger partial charge in [0.05, 0.1) is 6.26 Å². The number of nitrogens with one attached hydrogen (secondary N) is 2. The molecule has 0 atom stereocenters. The Morgan fingerprint density at radius 2 is 1.57 bits per heavy atom. The Hall–Kier alpha value is -2.56. The summed E-state index contributed by atoms with van der Waals surface area (Å²) in [7, 11) is 0. The quantitative estimate of drug-likeness (QED) is 0.834. The van der Waals surface area contributed by atoms with Crippen LogP contribution in [0.2, 0.25) is 0 Å². The average Bonchev–Trinajstić information content (AvgIpc) is 2.98. The van der Waals surface area contributed by atoms with Crippen LogP contribution in [-0.4, -0.2) is 11.8 Å². The monoisotopic (exact) mass is 286 g/mol. The fraction of sp³-hybridized carbons (Fsp3) is 0.250. The smallest absolute Gasteiger partial charge is 0.305 e. The number of rotatable bonds is 2. The molecule has 2 amide bonds. The van der Waals surface area contributed by atoms with Crippen molar-refractivity contribution in [3.05, 3.63) is 59.5 Å². The summed E-state index contributed by atoms with van der Waals surface area (Å²) in [6, 6.07) is 10.4. The second kappa shape index (κ2) is 5.83. The minimum Gasteiger partial charge on any atom is -0.459 e. The summed E-state index contributed by atoms with van der Waals surface area (Å²) < 4.78 is 4.92. The fourth-order valence-corrected chi connectivity index (χ4v) is 1.78. The SMILES string of the molecule is CC(C)(C)c1ccc(C(=O)NNC(=O)c2ccco2)cc1. The number of hydrazine groups is 1. The Labute approximate surface area is 123 Å². The molecule has 1 heterocycles. The fourth-order valence-electron chi connectivity index (χ4n) is 1.78. The minimum absolute atomic E-state index is 0.0303. The second-order valence-electron chi connectivity index (χ2n) is 5.71. The molecule has 0 saturated heterocycles. The van der Waals surface area contributed by atoms with Crippen molar-refractivity contribution in [1.29, 1.82) is 0 Å². The molecule has 5 nitrogen and oxygen atoms in total. The lowest BCUT2D eigenvalue weighted by molar-refractivity contribution is 0.0831. The summed E-state index contributed by atoms with van der Waals surface area (Å²) in [6.07, 6.45) is 1.39. The van der Waals surface area contributed by atoms with Crippen molar-refractivity contribution in [2.75, 3.05) is 0 Å². The van der Waals surface area contributed by atoms with Gasteiger partial charge >= 0.3 is 5.91 Å². The van der Waals surface area contributed by atoms with Crippen molar-refractivity contribution in [3.63, 3.8) is 0 Å². The van der Waals surface area contributed by atoms with E-state index in [1.54, 1.807) is 18.2 Å². The molecule has 0 aliphatic carbocycles. The average molecular weight is 286 g/mol. The van der Waals surface area contributed by atoms with Crippen LogP contribution in [-0.2, 0) is 5.41 Å². The largest absolute Gasteiger partial charge is 0.459 e. The van der Waals surface area contributed by atoms with Crippen molar-refractivity contribution < 1.29 is 14.0 Å². The molecule has 0 unspecified atom stereocenters. The molecule has 0 bridgehead atoms. The first-order chi connectivity index (χ1) is 9.88. The highest BCUT2D eigenvalue weighted by molar-refractivity contribution is 5.97. The number of furan rings is 1. The van der Waals surface area contributed by atoms with Crippen molar-refractivity contribution in [2.45, 2.75) is 26.2 Å². The molecule has 5 heteroatoms. The van der Waals surface area contributed by atoms with Gasteiger partial charge in [0.2, 0.25) is 0 Å². The summed E-state index contributed by atoms with van der Waals surface area (Å²) in [6.45, 7) is 6.31. The van der Waals surface area contributed by atoms with Gasteiger partial charge in [-0.2, -0.15) is 0 Å². The third-order valence-corrected chi connectivity index (χ3v) is 3.05. The molecule has 0 fully saturated rings. The normalized spacial score (nSPS) is 11.0. The highest BCUT2D eigenvalue weighted by atomic mass is 16.3. The van der Waals surface area contributed by atoms with Crippen LogP contribution >= 0.6 is 0 Å². The van der Waals surface area contributed by atoms with Crippen molar-refractivity contribution >= 4 is 11.8 Å². The maximum absolute atomic E-state index is 11.9. The lowest BCUT2D eigenvalue weighted by atomic mass is 9.87. The first-order valence-electron chi connectivity index (χ1n) is 6.62. The van der Waals surface area contributed by atoms with E-state index in [1.807, 2.05) is 12.1 Å². The third kappa shape index (κ3) is 3.72. The number of benzene rings is 1. The lowest BCUT2D eigenvalue weighted by Crippen LogP contribution is -2.41. The number of carbonyl (C=O) groups is 2. The van der Waals surface area contributed by atoms with E-state index in [0.717, 1.165) is 5.56 Å². The Bertz CT molecular complexity index is 623. The van der Waals surface area contributed by atoms with Crippen LogP contribution in [0.25, 0.3) is 0 Å². The van der Waals surface area contributed by atoms with Gasteiger partial charge in [-0.15, -0.1) is 0 Å². The molecule has 0 aliphatic rings. The maximum Gasteiger partial charge on any atom is 0.305 e. The van der Waals surface area contributed by atoms with Crippen LogP contribution in [0.5, 0.6) is 0 Å². The standard InChI is InChI=1S/C16H18N2O3/c1-16(2,3)12-8-6-11(7-9-12)14(19)17-18-15(20)13-5-4-10-21-13/h4-10H,1-3H3,(H,17,19)(H,18,20). The molecule has 0 spiro atoms. The van der Waals surface area contributed by atoms with E-state index in [-0.39, 0.29) is 17.1 Å². The van der Waals surface area contributed by atoms with Gasteiger partial charge in [0.1, 0.15) is 0 Å².